The van der Waals surface area contributed by atoms with Crippen LogP contribution in [-0.2, 0) is 4.79 Å². The number of nitrogens with zero attached hydrogens (tertiary/aromatic N) is 1. The predicted octanol–water partition coefficient (Wildman–Crippen LogP) is 2.92. The maximum Gasteiger partial charge on any atom is 0.262 e. The van der Waals surface area contributed by atoms with Gasteiger partial charge in [-0.1, -0.05) is 11.6 Å². The van der Waals surface area contributed by atoms with E-state index in [9.17, 15) is 14.4 Å². The summed E-state index contributed by atoms with van der Waals surface area (Å²) in [4.78, 5) is 38.7. The van der Waals surface area contributed by atoms with Crippen molar-refractivity contribution < 1.29 is 14.4 Å². The Morgan fingerprint density at radius 2 is 1.63 bits per heavy atom. The van der Waals surface area contributed by atoms with Crippen LogP contribution in [0.2, 0.25) is 0 Å². The zero-order valence-corrected chi connectivity index (χ0v) is 15.8. The summed E-state index contributed by atoms with van der Waals surface area (Å²) >= 11 is 0. The average Bonchev–Trinajstić information content (AvgIpc) is 2.83. The van der Waals surface area contributed by atoms with Gasteiger partial charge in [-0.3, -0.25) is 19.3 Å². The van der Waals surface area contributed by atoms with E-state index in [0.29, 0.717) is 17.7 Å². The Labute approximate surface area is 159 Å². The Hall–Kier alpha value is -2.17. The monoisotopic (exact) mass is 366 g/mol. The molecule has 142 valence electrons. The zero-order chi connectivity index (χ0) is 18.8. The van der Waals surface area contributed by atoms with E-state index in [4.69, 9.17) is 0 Å². The van der Waals surface area contributed by atoms with Crippen LogP contribution >= 0.6 is 0 Å². The van der Waals surface area contributed by atoms with E-state index >= 15 is 0 Å². The first kappa shape index (κ1) is 17.0. The maximum atomic E-state index is 12.5. The first-order valence-electron chi connectivity index (χ1n) is 10.2. The molecule has 4 fully saturated rings. The molecule has 1 aromatic carbocycles. The lowest BCUT2D eigenvalue weighted by Crippen LogP contribution is -2.52. The van der Waals surface area contributed by atoms with Gasteiger partial charge in [0.15, 0.2) is 0 Å². The fourth-order valence-electron chi connectivity index (χ4n) is 6.54. The Balaban J connectivity index is 1.23. The van der Waals surface area contributed by atoms with Crippen molar-refractivity contribution in [2.75, 3.05) is 13.1 Å². The minimum atomic E-state index is -0.361. The number of hydrogen-bond acceptors (Lipinski definition) is 3. The second-order valence-electron chi connectivity index (χ2n) is 9.44. The van der Waals surface area contributed by atoms with Gasteiger partial charge in [0.05, 0.1) is 11.1 Å². The summed E-state index contributed by atoms with van der Waals surface area (Å²) in [6.07, 6.45) is 7.81. The van der Waals surface area contributed by atoms with Gasteiger partial charge in [-0.25, -0.2) is 0 Å². The van der Waals surface area contributed by atoms with Gasteiger partial charge in [-0.15, -0.1) is 0 Å². The largest absolute Gasteiger partial charge is 0.354 e. The molecule has 4 aliphatic carbocycles. The summed E-state index contributed by atoms with van der Waals surface area (Å²) in [5, 5.41) is 3.06. The number of nitrogens with one attached hydrogen (secondary N) is 1. The van der Waals surface area contributed by atoms with E-state index in [1.807, 2.05) is 13.0 Å². The fraction of sp³-hybridized carbons (Fsp3) is 0.591. The number of carbonyl (C=O) groups is 3. The van der Waals surface area contributed by atoms with Crippen molar-refractivity contribution in [1.29, 1.82) is 0 Å². The molecule has 1 aromatic rings. The van der Waals surface area contributed by atoms with Crippen LogP contribution in [0.3, 0.4) is 0 Å². The number of hydrogen-bond donors (Lipinski definition) is 1. The van der Waals surface area contributed by atoms with E-state index in [-0.39, 0.29) is 29.7 Å². The quantitative estimate of drug-likeness (QED) is 0.833. The highest BCUT2D eigenvalue weighted by atomic mass is 16.2. The number of aryl methyl sites for hydroxylation is 1. The normalized spacial score (nSPS) is 33.5. The molecule has 0 radical (unpaired) electrons. The molecule has 1 N–H and O–H groups in total. The highest BCUT2D eigenvalue weighted by Gasteiger charge is 2.50. The third kappa shape index (κ3) is 2.79. The molecule has 0 aromatic heterocycles. The molecule has 5 nitrogen and oxygen atoms in total. The van der Waals surface area contributed by atoms with E-state index in [0.717, 1.165) is 28.2 Å². The first-order chi connectivity index (χ1) is 12.9. The smallest absolute Gasteiger partial charge is 0.262 e. The number of carbonyl (C=O) groups excluding carboxylic acids is 3. The van der Waals surface area contributed by atoms with Gasteiger partial charge in [-0.05, 0) is 80.8 Å². The highest BCUT2D eigenvalue weighted by Crippen LogP contribution is 2.59. The maximum absolute atomic E-state index is 12.5. The lowest BCUT2D eigenvalue weighted by Gasteiger charge is -2.56. The van der Waals surface area contributed by atoms with E-state index in [2.05, 4.69) is 5.32 Å². The van der Waals surface area contributed by atoms with E-state index < -0.39 is 0 Å². The van der Waals surface area contributed by atoms with Crippen molar-refractivity contribution >= 4 is 17.7 Å². The lowest BCUT2D eigenvalue weighted by molar-refractivity contribution is -0.123. The van der Waals surface area contributed by atoms with Crippen molar-refractivity contribution in [3.63, 3.8) is 0 Å². The molecule has 4 saturated carbocycles. The fourth-order valence-corrected chi connectivity index (χ4v) is 6.54. The third-order valence-electron chi connectivity index (χ3n) is 7.25. The number of fused-ring (bicyclic) bond motifs is 1. The van der Waals surface area contributed by atoms with Crippen molar-refractivity contribution in [3.05, 3.63) is 34.9 Å². The average molecular weight is 366 g/mol. The van der Waals surface area contributed by atoms with Crippen LogP contribution in [0.4, 0.5) is 0 Å². The topological polar surface area (TPSA) is 66.5 Å². The molecule has 0 saturated heterocycles. The minimum Gasteiger partial charge on any atom is -0.354 e. The number of rotatable bonds is 4. The molecular weight excluding hydrogens is 340 g/mol. The van der Waals surface area contributed by atoms with Crippen LogP contribution in [0.1, 0.15) is 64.8 Å². The van der Waals surface area contributed by atoms with Crippen LogP contribution in [0, 0.1) is 30.1 Å². The molecule has 0 spiro atoms. The van der Waals surface area contributed by atoms with Crippen LogP contribution < -0.4 is 5.32 Å². The standard InChI is InChI=1S/C22H26N2O3/c1-13-2-3-17-18(4-13)21(27)24(20(17)26)11-19(25)23-12-22-8-14-5-15(9-22)7-16(6-14)10-22/h2-4,14-16H,5-12H2,1H3,(H,23,25). The van der Waals surface area contributed by atoms with Gasteiger partial charge in [-0.2, -0.15) is 0 Å². The van der Waals surface area contributed by atoms with Crippen molar-refractivity contribution in [3.8, 4) is 0 Å². The molecule has 3 amide bonds. The Morgan fingerprint density at radius 3 is 2.26 bits per heavy atom. The van der Waals surface area contributed by atoms with Crippen LogP contribution in [0.25, 0.3) is 0 Å². The second kappa shape index (κ2) is 5.91. The van der Waals surface area contributed by atoms with Crippen molar-refractivity contribution in [2.45, 2.75) is 45.4 Å². The number of imide groups is 1. The molecule has 5 aliphatic rings. The first-order valence-corrected chi connectivity index (χ1v) is 10.2. The van der Waals surface area contributed by atoms with Gasteiger partial charge in [0.2, 0.25) is 5.91 Å². The summed E-state index contributed by atoms with van der Waals surface area (Å²) in [7, 11) is 0. The van der Waals surface area contributed by atoms with Gasteiger partial charge in [0, 0.05) is 6.54 Å². The molecule has 0 unspecified atom stereocenters. The van der Waals surface area contributed by atoms with Crippen molar-refractivity contribution in [2.24, 2.45) is 23.2 Å². The summed E-state index contributed by atoms with van der Waals surface area (Å²) in [5.41, 5.74) is 2.00. The second-order valence-corrected chi connectivity index (χ2v) is 9.44. The van der Waals surface area contributed by atoms with Crippen LogP contribution in [0.5, 0.6) is 0 Å². The Morgan fingerprint density at radius 1 is 1.04 bits per heavy atom. The van der Waals surface area contributed by atoms with Crippen LogP contribution in [-0.4, -0.2) is 35.7 Å². The summed E-state index contributed by atoms with van der Waals surface area (Å²) < 4.78 is 0. The molecule has 0 atom stereocenters. The molecule has 1 aliphatic heterocycles. The molecule has 4 bridgehead atoms. The lowest BCUT2D eigenvalue weighted by atomic mass is 9.49. The Bertz CT molecular complexity index is 809. The minimum absolute atomic E-state index is 0.183. The van der Waals surface area contributed by atoms with E-state index in [1.165, 1.54) is 38.5 Å². The van der Waals surface area contributed by atoms with Gasteiger partial charge in [0.25, 0.3) is 11.8 Å². The summed E-state index contributed by atoms with van der Waals surface area (Å²) in [6.45, 7) is 2.40. The number of benzene rings is 1. The van der Waals surface area contributed by atoms with Crippen molar-refractivity contribution in [1.82, 2.24) is 10.2 Å². The van der Waals surface area contributed by atoms with Crippen LogP contribution in [0.15, 0.2) is 18.2 Å². The SMILES string of the molecule is Cc1ccc2c(c1)C(=O)N(CC(=O)NCC13CC4CC(CC(C4)C1)C3)C2=O. The third-order valence-corrected chi connectivity index (χ3v) is 7.25. The molecule has 5 heteroatoms. The summed E-state index contributed by atoms with van der Waals surface area (Å²) in [6, 6.07) is 5.22. The highest BCUT2D eigenvalue weighted by molar-refractivity contribution is 6.22. The Kier molecular flexibility index (Phi) is 3.72. The molecule has 27 heavy (non-hydrogen) atoms. The summed E-state index contributed by atoms with van der Waals surface area (Å²) in [5.74, 6) is 1.58. The number of amides is 3. The molecule has 1 heterocycles. The van der Waals surface area contributed by atoms with Gasteiger partial charge >= 0.3 is 0 Å². The molecular formula is C22H26N2O3. The van der Waals surface area contributed by atoms with Gasteiger partial charge < -0.3 is 5.32 Å². The molecule has 6 rings (SSSR count). The van der Waals surface area contributed by atoms with Gasteiger partial charge in [0.1, 0.15) is 6.54 Å². The van der Waals surface area contributed by atoms with E-state index in [1.54, 1.807) is 12.1 Å². The predicted molar refractivity (Wildman–Crippen MR) is 100 cm³/mol. The zero-order valence-electron chi connectivity index (χ0n) is 15.8.